The van der Waals surface area contributed by atoms with Crippen molar-refractivity contribution < 1.29 is 14.0 Å². The molecule has 7 nitrogen and oxygen atoms in total. The van der Waals surface area contributed by atoms with Crippen LogP contribution in [0.3, 0.4) is 0 Å². The third-order valence-electron chi connectivity index (χ3n) is 4.84. The lowest BCUT2D eigenvalue weighted by Crippen LogP contribution is -2.26. The highest BCUT2D eigenvalue weighted by Crippen LogP contribution is 2.28. The number of hydrogen-bond donors (Lipinski definition) is 2. The summed E-state index contributed by atoms with van der Waals surface area (Å²) >= 11 is 7.30. The van der Waals surface area contributed by atoms with E-state index in [-0.39, 0.29) is 17.6 Å². The molecule has 1 saturated carbocycles. The third-order valence-corrected chi connectivity index (χ3v) is 5.92. The van der Waals surface area contributed by atoms with Gasteiger partial charge in [0, 0.05) is 17.1 Å². The molecule has 0 radical (unpaired) electrons. The van der Waals surface area contributed by atoms with E-state index in [2.05, 4.69) is 15.7 Å². The molecular weight excluding hydrogens is 436 g/mol. The number of nitrogens with zero attached hydrogens (tertiary/aromatic N) is 2. The molecule has 2 amide bonds. The van der Waals surface area contributed by atoms with Crippen molar-refractivity contribution in [3.05, 3.63) is 76.5 Å². The van der Waals surface area contributed by atoms with Crippen LogP contribution < -0.4 is 10.6 Å². The number of benzene rings is 1. The number of carbonyl (C=O) groups excluding carboxylic acids is 2. The second-order valence-electron chi connectivity index (χ2n) is 7.15. The van der Waals surface area contributed by atoms with E-state index in [4.69, 9.17) is 16.0 Å². The van der Waals surface area contributed by atoms with Gasteiger partial charge in [-0.1, -0.05) is 11.6 Å². The lowest BCUT2D eigenvalue weighted by atomic mass is 10.2. The highest BCUT2D eigenvalue weighted by molar-refractivity contribution is 7.14. The molecule has 1 aliphatic rings. The maximum atomic E-state index is 13.0. The minimum Gasteiger partial charge on any atom is -0.463 e. The van der Waals surface area contributed by atoms with Gasteiger partial charge in [0.15, 0.2) is 11.5 Å². The Morgan fingerprint density at radius 1 is 1.13 bits per heavy atom. The van der Waals surface area contributed by atoms with Gasteiger partial charge in [-0.25, -0.2) is 4.68 Å². The molecule has 4 aromatic rings. The Balaban J connectivity index is 1.45. The first-order valence-electron chi connectivity index (χ1n) is 9.68. The van der Waals surface area contributed by atoms with Crippen LogP contribution in [0.25, 0.3) is 17.1 Å². The molecule has 0 unspecified atom stereocenters. The van der Waals surface area contributed by atoms with Gasteiger partial charge in [0.2, 0.25) is 0 Å². The fourth-order valence-electron chi connectivity index (χ4n) is 3.11. The molecule has 1 fully saturated rings. The highest BCUT2D eigenvalue weighted by atomic mass is 35.5. The normalized spacial score (nSPS) is 13.2. The second-order valence-corrected chi connectivity index (χ2v) is 8.50. The third kappa shape index (κ3) is 4.12. The summed E-state index contributed by atoms with van der Waals surface area (Å²) in [5.74, 6) is -0.0208. The van der Waals surface area contributed by atoms with E-state index in [9.17, 15) is 9.59 Å². The van der Waals surface area contributed by atoms with Gasteiger partial charge in [0.25, 0.3) is 11.8 Å². The number of furan rings is 1. The van der Waals surface area contributed by atoms with Crippen LogP contribution in [0.5, 0.6) is 0 Å². The zero-order valence-electron chi connectivity index (χ0n) is 16.2. The molecule has 0 saturated heterocycles. The molecule has 3 heterocycles. The van der Waals surface area contributed by atoms with Crippen LogP contribution in [-0.4, -0.2) is 27.6 Å². The van der Waals surface area contributed by atoms with E-state index in [0.717, 1.165) is 18.5 Å². The van der Waals surface area contributed by atoms with Crippen molar-refractivity contribution in [1.29, 1.82) is 0 Å². The van der Waals surface area contributed by atoms with Gasteiger partial charge in [0.05, 0.1) is 17.5 Å². The van der Waals surface area contributed by atoms with Gasteiger partial charge < -0.3 is 15.1 Å². The van der Waals surface area contributed by atoms with Crippen LogP contribution in [0, 0.1) is 0 Å². The Hall–Kier alpha value is -3.36. The van der Waals surface area contributed by atoms with Crippen molar-refractivity contribution in [3.63, 3.8) is 0 Å². The van der Waals surface area contributed by atoms with Crippen molar-refractivity contribution in [2.75, 3.05) is 5.32 Å². The van der Waals surface area contributed by atoms with Crippen molar-refractivity contribution in [1.82, 2.24) is 15.1 Å². The molecule has 3 aromatic heterocycles. The molecule has 0 spiro atoms. The molecule has 2 N–H and O–H groups in total. The first-order chi connectivity index (χ1) is 15.1. The minimum atomic E-state index is -0.413. The Labute approximate surface area is 186 Å². The zero-order valence-corrected chi connectivity index (χ0v) is 17.7. The minimum absolute atomic E-state index is 0.179. The van der Waals surface area contributed by atoms with Crippen molar-refractivity contribution in [2.24, 2.45) is 0 Å². The van der Waals surface area contributed by atoms with E-state index >= 15 is 0 Å². The van der Waals surface area contributed by atoms with Crippen LogP contribution in [0.1, 0.15) is 33.7 Å². The molecule has 5 rings (SSSR count). The van der Waals surface area contributed by atoms with Crippen molar-refractivity contribution in [2.45, 2.75) is 18.9 Å². The van der Waals surface area contributed by atoms with Crippen molar-refractivity contribution in [3.8, 4) is 17.1 Å². The summed E-state index contributed by atoms with van der Waals surface area (Å²) in [4.78, 5) is 25.4. The molecule has 156 valence electrons. The average molecular weight is 453 g/mol. The maximum absolute atomic E-state index is 13.0. The van der Waals surface area contributed by atoms with E-state index in [1.807, 2.05) is 12.1 Å². The monoisotopic (exact) mass is 452 g/mol. The van der Waals surface area contributed by atoms with Gasteiger partial charge >= 0.3 is 0 Å². The Morgan fingerprint density at radius 3 is 2.65 bits per heavy atom. The number of rotatable bonds is 6. The summed E-state index contributed by atoms with van der Waals surface area (Å²) in [6.07, 6.45) is 3.55. The van der Waals surface area contributed by atoms with Gasteiger partial charge in [-0.3, -0.25) is 9.59 Å². The predicted octanol–water partition coefficient (Wildman–Crippen LogP) is 4.99. The smallest absolute Gasteiger partial charge is 0.276 e. The van der Waals surface area contributed by atoms with Crippen LogP contribution in [0.15, 0.2) is 64.6 Å². The van der Waals surface area contributed by atoms with Gasteiger partial charge in [0.1, 0.15) is 10.7 Å². The van der Waals surface area contributed by atoms with Crippen molar-refractivity contribution >= 4 is 39.8 Å². The van der Waals surface area contributed by atoms with E-state index in [0.29, 0.717) is 27.0 Å². The summed E-state index contributed by atoms with van der Waals surface area (Å²) in [6, 6.07) is 14.3. The Kier molecular flexibility index (Phi) is 5.09. The lowest BCUT2D eigenvalue weighted by molar-refractivity contribution is 0.0952. The molecule has 0 atom stereocenters. The zero-order chi connectivity index (χ0) is 21.4. The maximum Gasteiger partial charge on any atom is 0.276 e. The van der Waals surface area contributed by atoms with Crippen LogP contribution in [0.2, 0.25) is 5.02 Å². The highest BCUT2D eigenvalue weighted by Gasteiger charge is 2.26. The van der Waals surface area contributed by atoms with Gasteiger partial charge in [-0.05, 0) is 60.7 Å². The summed E-state index contributed by atoms with van der Waals surface area (Å²) < 4.78 is 7.15. The summed E-state index contributed by atoms with van der Waals surface area (Å²) in [6.45, 7) is 0. The van der Waals surface area contributed by atoms with Gasteiger partial charge in [-0.15, -0.1) is 11.3 Å². The summed E-state index contributed by atoms with van der Waals surface area (Å²) in [7, 11) is 0. The number of halogens is 1. The number of thiophene rings is 1. The SMILES string of the molecule is O=C(Nc1sccc1C(=O)NC1CC1)c1cc(-c2ccco2)n(-c2ccc(Cl)cc2)n1. The van der Waals surface area contributed by atoms with E-state index in [1.165, 1.54) is 11.3 Å². The standard InChI is InChI=1S/C22H17ClN4O3S/c23-13-3-7-15(8-4-13)27-18(19-2-1-10-30-19)12-17(26-27)21(29)25-22-16(9-11-31-22)20(28)24-14-5-6-14/h1-4,7-12,14H,5-6H2,(H,24,28)(H,25,29). The van der Waals surface area contributed by atoms with Crippen LogP contribution >= 0.6 is 22.9 Å². The number of amides is 2. The fraction of sp³-hybridized carbons (Fsp3) is 0.136. The Bertz CT molecular complexity index is 1240. The number of hydrogen-bond acceptors (Lipinski definition) is 5. The van der Waals surface area contributed by atoms with E-state index < -0.39 is 5.91 Å². The molecule has 0 bridgehead atoms. The summed E-state index contributed by atoms with van der Waals surface area (Å²) in [5.41, 5.74) is 2.00. The van der Waals surface area contributed by atoms with Gasteiger partial charge in [-0.2, -0.15) is 5.10 Å². The largest absolute Gasteiger partial charge is 0.463 e. The number of aromatic nitrogens is 2. The number of carbonyl (C=O) groups is 2. The number of nitrogens with one attached hydrogen (secondary N) is 2. The molecule has 1 aliphatic carbocycles. The molecular formula is C22H17ClN4O3S. The van der Waals surface area contributed by atoms with Crippen LogP contribution in [-0.2, 0) is 0 Å². The molecule has 31 heavy (non-hydrogen) atoms. The Morgan fingerprint density at radius 2 is 1.94 bits per heavy atom. The molecule has 9 heteroatoms. The first-order valence-corrected chi connectivity index (χ1v) is 10.9. The lowest BCUT2D eigenvalue weighted by Gasteiger charge is -2.06. The topological polar surface area (TPSA) is 89.2 Å². The predicted molar refractivity (Wildman–Crippen MR) is 119 cm³/mol. The van der Waals surface area contributed by atoms with Crippen LogP contribution in [0.4, 0.5) is 5.00 Å². The molecule has 0 aliphatic heterocycles. The average Bonchev–Trinajstić information content (AvgIpc) is 3.19. The molecule has 1 aromatic carbocycles. The quantitative estimate of drug-likeness (QED) is 0.431. The second kappa shape index (κ2) is 8.05. The summed E-state index contributed by atoms with van der Waals surface area (Å²) in [5, 5.41) is 13.1. The number of anilines is 1. The first kappa shape index (κ1) is 19.6. The van der Waals surface area contributed by atoms with E-state index in [1.54, 1.807) is 52.7 Å². The fourth-order valence-corrected chi connectivity index (χ4v) is 4.02.